The second-order valence-corrected chi connectivity index (χ2v) is 11.7. The van der Waals surface area contributed by atoms with E-state index in [0.717, 1.165) is 19.3 Å². The lowest BCUT2D eigenvalue weighted by molar-refractivity contribution is 0.0430. The van der Waals surface area contributed by atoms with Crippen LogP contribution in [0.2, 0.25) is 19.6 Å². The number of nitriles is 1. The van der Waals surface area contributed by atoms with Crippen LogP contribution in [0.1, 0.15) is 37.8 Å². The van der Waals surface area contributed by atoms with Crippen molar-refractivity contribution in [2.45, 2.75) is 64.0 Å². The van der Waals surface area contributed by atoms with Crippen molar-refractivity contribution in [1.82, 2.24) is 4.90 Å². The van der Waals surface area contributed by atoms with Crippen LogP contribution < -0.4 is 0 Å². The van der Waals surface area contributed by atoms with E-state index in [1.54, 1.807) is 0 Å². The average Bonchev–Trinajstić information content (AvgIpc) is 2.48. The fourth-order valence-electron chi connectivity index (χ4n) is 3.23. The zero-order valence-corrected chi connectivity index (χ0v) is 15.2. The number of likely N-dealkylation sites (tertiary alicyclic amines) is 1. The molecule has 0 bridgehead atoms. The van der Waals surface area contributed by atoms with Crippen LogP contribution in [0.4, 0.5) is 0 Å². The lowest BCUT2D eigenvalue weighted by Crippen LogP contribution is -2.48. The molecule has 1 saturated heterocycles. The summed E-state index contributed by atoms with van der Waals surface area (Å²) in [4.78, 5) is 2.39. The van der Waals surface area contributed by atoms with Crippen molar-refractivity contribution in [3.8, 4) is 6.07 Å². The normalized spacial score (nSPS) is 24.7. The molecular formula is C18H28N2OSi. The van der Waals surface area contributed by atoms with Crippen LogP contribution in [0, 0.1) is 11.3 Å². The van der Waals surface area contributed by atoms with E-state index in [2.05, 4.69) is 61.8 Å². The van der Waals surface area contributed by atoms with Crippen molar-refractivity contribution < 1.29 is 4.43 Å². The van der Waals surface area contributed by atoms with Crippen molar-refractivity contribution in [1.29, 1.82) is 5.26 Å². The Morgan fingerprint density at radius 1 is 1.27 bits per heavy atom. The van der Waals surface area contributed by atoms with Crippen LogP contribution in [0.15, 0.2) is 30.3 Å². The second kappa shape index (κ2) is 7.41. The fourth-order valence-corrected chi connectivity index (χ4v) is 3.88. The van der Waals surface area contributed by atoms with Crippen molar-refractivity contribution >= 4 is 8.32 Å². The first-order valence-corrected chi connectivity index (χ1v) is 11.7. The van der Waals surface area contributed by atoms with E-state index in [4.69, 9.17) is 4.43 Å². The smallest absolute Gasteiger partial charge is 0.183 e. The zero-order valence-electron chi connectivity index (χ0n) is 14.2. The third kappa shape index (κ3) is 4.42. The fraction of sp³-hybridized carbons (Fsp3) is 0.611. The Labute approximate surface area is 136 Å². The van der Waals surface area contributed by atoms with Crippen LogP contribution in [0.3, 0.4) is 0 Å². The van der Waals surface area contributed by atoms with E-state index < -0.39 is 8.32 Å². The van der Waals surface area contributed by atoms with Gasteiger partial charge in [0, 0.05) is 6.04 Å². The molecule has 1 aromatic carbocycles. The molecule has 1 aliphatic heterocycles. The maximum atomic E-state index is 9.58. The molecule has 1 fully saturated rings. The minimum absolute atomic E-state index is 0.000749. The summed E-state index contributed by atoms with van der Waals surface area (Å²) in [5.41, 5.74) is 1.26. The van der Waals surface area contributed by atoms with E-state index in [9.17, 15) is 5.26 Å². The average molecular weight is 317 g/mol. The van der Waals surface area contributed by atoms with Gasteiger partial charge in [0.25, 0.3) is 0 Å². The van der Waals surface area contributed by atoms with Crippen molar-refractivity contribution in [2.75, 3.05) is 6.61 Å². The molecule has 1 heterocycles. The van der Waals surface area contributed by atoms with Gasteiger partial charge < -0.3 is 4.43 Å². The van der Waals surface area contributed by atoms with Gasteiger partial charge in [0.15, 0.2) is 8.32 Å². The standard InChI is InChI=1S/C18H28N2OSi/c1-15-9-8-12-17(13-19)20(15)18(14-21-22(2,3)4)16-10-6-5-7-11-16/h5-7,10-11,15,17-18H,8-9,12,14H2,1-4H3/t15-,17?,18-/m0/s1. The Morgan fingerprint density at radius 2 is 1.95 bits per heavy atom. The molecule has 0 aromatic heterocycles. The molecule has 3 atom stereocenters. The van der Waals surface area contributed by atoms with Crippen LogP contribution in [0.25, 0.3) is 0 Å². The lowest BCUT2D eigenvalue weighted by atomic mass is 9.92. The Morgan fingerprint density at radius 3 is 2.55 bits per heavy atom. The largest absolute Gasteiger partial charge is 0.416 e. The number of benzene rings is 1. The van der Waals surface area contributed by atoms with E-state index in [1.807, 2.05) is 6.07 Å². The molecular weight excluding hydrogens is 288 g/mol. The zero-order chi connectivity index (χ0) is 16.2. The maximum absolute atomic E-state index is 9.58. The Balaban J connectivity index is 2.28. The topological polar surface area (TPSA) is 36.3 Å². The molecule has 0 spiro atoms. The van der Waals surface area contributed by atoms with E-state index >= 15 is 0 Å². The van der Waals surface area contributed by atoms with E-state index in [-0.39, 0.29) is 12.1 Å². The highest BCUT2D eigenvalue weighted by molar-refractivity contribution is 6.69. The quantitative estimate of drug-likeness (QED) is 0.758. The summed E-state index contributed by atoms with van der Waals surface area (Å²) in [6.07, 6.45) is 3.28. The summed E-state index contributed by atoms with van der Waals surface area (Å²) in [6.45, 7) is 9.58. The molecule has 1 aliphatic rings. The first-order valence-electron chi connectivity index (χ1n) is 8.28. The molecule has 22 heavy (non-hydrogen) atoms. The SMILES string of the molecule is C[C@H]1CCCC(C#N)N1[C@@H](CO[Si](C)(C)C)c1ccccc1. The molecule has 4 heteroatoms. The number of hydrogen-bond donors (Lipinski definition) is 0. The predicted octanol–water partition coefficient (Wildman–Crippen LogP) is 4.35. The summed E-state index contributed by atoms with van der Waals surface area (Å²) in [5.74, 6) is 0. The van der Waals surface area contributed by atoms with Crippen LogP contribution in [-0.2, 0) is 4.43 Å². The third-order valence-electron chi connectivity index (χ3n) is 4.34. The molecule has 3 nitrogen and oxygen atoms in total. The Hall–Kier alpha value is -1.15. The van der Waals surface area contributed by atoms with Gasteiger partial charge >= 0.3 is 0 Å². The number of rotatable bonds is 5. The molecule has 0 saturated carbocycles. The second-order valence-electron chi connectivity index (χ2n) is 7.22. The maximum Gasteiger partial charge on any atom is 0.183 e. The monoisotopic (exact) mass is 316 g/mol. The molecule has 2 rings (SSSR count). The van der Waals surface area contributed by atoms with Crippen LogP contribution in [0.5, 0.6) is 0 Å². The summed E-state index contributed by atoms with van der Waals surface area (Å²) < 4.78 is 6.23. The summed E-state index contributed by atoms with van der Waals surface area (Å²) in [7, 11) is -1.58. The minimum atomic E-state index is -1.58. The van der Waals surface area contributed by atoms with Gasteiger partial charge in [-0.05, 0) is 51.4 Å². The highest BCUT2D eigenvalue weighted by Gasteiger charge is 2.35. The van der Waals surface area contributed by atoms with Gasteiger partial charge in [0.1, 0.15) is 0 Å². The molecule has 1 aromatic rings. The highest BCUT2D eigenvalue weighted by atomic mass is 28.4. The van der Waals surface area contributed by atoms with Crippen LogP contribution >= 0.6 is 0 Å². The predicted molar refractivity (Wildman–Crippen MR) is 93.0 cm³/mol. The van der Waals surface area contributed by atoms with Gasteiger partial charge in [0.05, 0.1) is 24.8 Å². The van der Waals surface area contributed by atoms with Gasteiger partial charge in [-0.25, -0.2) is 0 Å². The molecule has 0 N–H and O–H groups in total. The first kappa shape index (κ1) is 17.2. The third-order valence-corrected chi connectivity index (χ3v) is 5.37. The van der Waals surface area contributed by atoms with Crippen LogP contribution in [-0.4, -0.2) is 31.9 Å². The van der Waals surface area contributed by atoms with Gasteiger partial charge in [-0.1, -0.05) is 30.3 Å². The Kier molecular flexibility index (Phi) is 5.79. The molecule has 0 amide bonds. The van der Waals surface area contributed by atoms with Gasteiger partial charge in [-0.2, -0.15) is 5.26 Å². The molecule has 1 unspecified atom stereocenters. The summed E-state index contributed by atoms with van der Waals surface area (Å²) in [6, 6.07) is 13.6. The Bertz CT molecular complexity index is 506. The summed E-state index contributed by atoms with van der Waals surface area (Å²) in [5, 5.41) is 9.58. The van der Waals surface area contributed by atoms with Gasteiger partial charge in [-0.15, -0.1) is 0 Å². The number of hydrogen-bond acceptors (Lipinski definition) is 3. The number of piperidine rings is 1. The summed E-state index contributed by atoms with van der Waals surface area (Å²) >= 11 is 0. The first-order chi connectivity index (χ1) is 10.4. The lowest BCUT2D eigenvalue weighted by Gasteiger charge is -2.43. The van der Waals surface area contributed by atoms with E-state index in [1.165, 1.54) is 5.56 Å². The molecule has 0 radical (unpaired) electrons. The van der Waals surface area contributed by atoms with Crippen molar-refractivity contribution in [3.63, 3.8) is 0 Å². The molecule has 120 valence electrons. The van der Waals surface area contributed by atoms with E-state index in [0.29, 0.717) is 12.6 Å². The molecule has 0 aliphatic carbocycles. The van der Waals surface area contributed by atoms with Gasteiger partial charge in [0.2, 0.25) is 0 Å². The van der Waals surface area contributed by atoms with Crippen molar-refractivity contribution in [3.05, 3.63) is 35.9 Å². The minimum Gasteiger partial charge on any atom is -0.416 e. The van der Waals surface area contributed by atoms with Gasteiger partial charge in [-0.3, -0.25) is 4.90 Å². The van der Waals surface area contributed by atoms with Crippen molar-refractivity contribution in [2.24, 2.45) is 0 Å². The highest BCUT2D eigenvalue weighted by Crippen LogP contribution is 2.33. The number of nitrogens with zero attached hydrogens (tertiary/aromatic N) is 2.